The van der Waals surface area contributed by atoms with Crippen molar-refractivity contribution in [2.75, 3.05) is 0 Å². The van der Waals surface area contributed by atoms with E-state index in [9.17, 15) is 0 Å². The Hall–Kier alpha value is -0.530. The van der Waals surface area contributed by atoms with Gasteiger partial charge in [0.2, 0.25) is 0 Å². The summed E-state index contributed by atoms with van der Waals surface area (Å²) in [5, 5.41) is 0. The maximum Gasteiger partial charge on any atom is 0.0292 e. The summed E-state index contributed by atoms with van der Waals surface area (Å²) in [5.74, 6) is 0. The molecule has 0 saturated carbocycles. The molecule has 0 saturated heterocycles. The first kappa shape index (κ1) is 12.5. The van der Waals surface area contributed by atoms with Crippen molar-refractivity contribution in [3.05, 3.63) is 34.9 Å². The second-order valence-electron chi connectivity index (χ2n) is 3.36. The molecule has 1 unspecified atom stereocenters. The van der Waals surface area contributed by atoms with Crippen molar-refractivity contribution in [1.29, 1.82) is 0 Å². The average Bonchev–Trinajstić information content (AvgIpc) is 2.08. The molecule has 0 aromatic heterocycles. The zero-order chi connectivity index (χ0) is 9.14. The van der Waals surface area contributed by atoms with E-state index in [1.54, 1.807) is 0 Å². The van der Waals surface area contributed by atoms with Crippen LogP contribution in [-0.4, -0.2) is 0 Å². The minimum atomic E-state index is 0. The molecule has 0 heterocycles. The summed E-state index contributed by atoms with van der Waals surface area (Å²) in [5.41, 5.74) is 9.83. The van der Waals surface area contributed by atoms with E-state index in [1.807, 2.05) is 0 Å². The van der Waals surface area contributed by atoms with E-state index in [0.717, 1.165) is 6.42 Å². The van der Waals surface area contributed by atoms with E-state index in [0.29, 0.717) is 0 Å². The summed E-state index contributed by atoms with van der Waals surface area (Å²) in [6.45, 7) is 6.36. The van der Waals surface area contributed by atoms with Crippen LogP contribution >= 0.6 is 12.4 Å². The Morgan fingerprint density at radius 3 is 2.31 bits per heavy atom. The van der Waals surface area contributed by atoms with E-state index in [1.165, 1.54) is 16.7 Å². The molecule has 0 radical (unpaired) electrons. The Labute approximate surface area is 86.7 Å². The Morgan fingerprint density at radius 1 is 1.23 bits per heavy atom. The third-order valence-electron chi connectivity index (χ3n) is 2.40. The second kappa shape index (κ2) is 5.25. The van der Waals surface area contributed by atoms with Crippen molar-refractivity contribution >= 4 is 12.4 Å². The van der Waals surface area contributed by atoms with Crippen molar-refractivity contribution in [1.82, 2.24) is 0 Å². The minimum Gasteiger partial charge on any atom is -0.324 e. The van der Waals surface area contributed by atoms with Gasteiger partial charge in [0.1, 0.15) is 0 Å². The normalized spacial score (nSPS) is 12.0. The highest BCUT2D eigenvalue weighted by atomic mass is 35.5. The topological polar surface area (TPSA) is 26.0 Å². The average molecular weight is 200 g/mol. The molecule has 2 N–H and O–H groups in total. The lowest BCUT2D eigenvalue weighted by Crippen LogP contribution is -2.08. The highest BCUT2D eigenvalue weighted by molar-refractivity contribution is 5.85. The smallest absolute Gasteiger partial charge is 0.0292 e. The molecule has 0 amide bonds. The van der Waals surface area contributed by atoms with Gasteiger partial charge >= 0.3 is 0 Å². The first-order chi connectivity index (χ1) is 5.65. The fourth-order valence-corrected chi connectivity index (χ4v) is 1.23. The number of hydrogen-bond donors (Lipinski definition) is 1. The third kappa shape index (κ3) is 3.02. The van der Waals surface area contributed by atoms with Crippen LogP contribution in [0.25, 0.3) is 0 Å². The molecular weight excluding hydrogens is 182 g/mol. The number of aryl methyl sites for hydroxylation is 2. The van der Waals surface area contributed by atoms with Gasteiger partial charge in [0.25, 0.3) is 0 Å². The van der Waals surface area contributed by atoms with Gasteiger partial charge in [-0.2, -0.15) is 0 Å². The van der Waals surface area contributed by atoms with E-state index in [-0.39, 0.29) is 18.4 Å². The largest absolute Gasteiger partial charge is 0.324 e. The highest BCUT2D eigenvalue weighted by Crippen LogP contribution is 2.17. The van der Waals surface area contributed by atoms with Crippen molar-refractivity contribution in [2.45, 2.75) is 33.2 Å². The molecule has 0 bridgehead atoms. The lowest BCUT2D eigenvalue weighted by Gasteiger charge is -2.10. The highest BCUT2D eigenvalue weighted by Gasteiger charge is 2.03. The molecule has 0 aliphatic rings. The van der Waals surface area contributed by atoms with Gasteiger partial charge in [-0.15, -0.1) is 12.4 Å². The van der Waals surface area contributed by atoms with Crippen LogP contribution < -0.4 is 5.73 Å². The quantitative estimate of drug-likeness (QED) is 0.778. The van der Waals surface area contributed by atoms with Gasteiger partial charge < -0.3 is 5.73 Å². The standard InChI is InChI=1S/C11H17N.ClH/c1-4-11(12)10-6-5-8(2)9(3)7-10;/h5-7,11H,4,12H2,1-3H3;1H. The molecule has 1 aromatic rings. The summed E-state index contributed by atoms with van der Waals surface area (Å²) in [7, 11) is 0. The minimum absolute atomic E-state index is 0. The van der Waals surface area contributed by atoms with Crippen LogP contribution in [0.15, 0.2) is 18.2 Å². The third-order valence-corrected chi connectivity index (χ3v) is 2.40. The Kier molecular flexibility index (Phi) is 5.04. The Bertz CT molecular complexity index is 271. The molecule has 2 heteroatoms. The maximum atomic E-state index is 5.91. The number of nitrogens with two attached hydrogens (primary N) is 1. The van der Waals surface area contributed by atoms with Gasteiger partial charge in [0.05, 0.1) is 0 Å². The summed E-state index contributed by atoms with van der Waals surface area (Å²) in [6, 6.07) is 6.64. The first-order valence-corrected chi connectivity index (χ1v) is 4.48. The first-order valence-electron chi connectivity index (χ1n) is 4.48. The van der Waals surface area contributed by atoms with E-state index >= 15 is 0 Å². The van der Waals surface area contributed by atoms with Crippen LogP contribution in [-0.2, 0) is 0 Å². The summed E-state index contributed by atoms with van der Waals surface area (Å²) in [4.78, 5) is 0. The molecule has 1 nitrogen and oxygen atoms in total. The lowest BCUT2D eigenvalue weighted by atomic mass is 10.0. The zero-order valence-electron chi connectivity index (χ0n) is 8.50. The molecule has 1 atom stereocenters. The van der Waals surface area contributed by atoms with Crippen LogP contribution in [0.4, 0.5) is 0 Å². The molecule has 0 spiro atoms. The van der Waals surface area contributed by atoms with Crippen LogP contribution in [0, 0.1) is 13.8 Å². The molecule has 0 aliphatic heterocycles. The van der Waals surface area contributed by atoms with Crippen molar-refractivity contribution in [3.63, 3.8) is 0 Å². The molecule has 1 aromatic carbocycles. The number of halogens is 1. The van der Waals surface area contributed by atoms with Crippen molar-refractivity contribution < 1.29 is 0 Å². The summed E-state index contributed by atoms with van der Waals surface area (Å²) in [6.07, 6.45) is 1.00. The molecular formula is C11H18ClN. The van der Waals surface area contributed by atoms with Gasteiger partial charge in [-0.1, -0.05) is 25.1 Å². The van der Waals surface area contributed by atoms with Crippen LogP contribution in [0.2, 0.25) is 0 Å². The number of rotatable bonds is 2. The van der Waals surface area contributed by atoms with Gasteiger partial charge in [-0.3, -0.25) is 0 Å². The molecule has 13 heavy (non-hydrogen) atoms. The van der Waals surface area contributed by atoms with Crippen LogP contribution in [0.1, 0.15) is 36.1 Å². The van der Waals surface area contributed by atoms with Gasteiger partial charge in [-0.05, 0) is 37.0 Å². The Morgan fingerprint density at radius 2 is 1.85 bits per heavy atom. The summed E-state index contributed by atoms with van der Waals surface area (Å²) >= 11 is 0. The molecule has 1 rings (SSSR count). The van der Waals surface area contributed by atoms with Gasteiger partial charge in [0.15, 0.2) is 0 Å². The number of hydrogen-bond acceptors (Lipinski definition) is 1. The van der Waals surface area contributed by atoms with Crippen molar-refractivity contribution in [3.8, 4) is 0 Å². The van der Waals surface area contributed by atoms with Crippen LogP contribution in [0.3, 0.4) is 0 Å². The molecule has 0 aliphatic carbocycles. The lowest BCUT2D eigenvalue weighted by molar-refractivity contribution is 0.698. The second-order valence-corrected chi connectivity index (χ2v) is 3.36. The molecule has 74 valence electrons. The Balaban J connectivity index is 0.00000144. The fraction of sp³-hybridized carbons (Fsp3) is 0.455. The van der Waals surface area contributed by atoms with E-state index < -0.39 is 0 Å². The van der Waals surface area contributed by atoms with Gasteiger partial charge in [-0.25, -0.2) is 0 Å². The van der Waals surface area contributed by atoms with E-state index in [4.69, 9.17) is 5.73 Å². The number of benzene rings is 1. The predicted molar refractivity (Wildman–Crippen MR) is 60.4 cm³/mol. The SMILES string of the molecule is CCC(N)c1ccc(C)c(C)c1.Cl. The van der Waals surface area contributed by atoms with E-state index in [2.05, 4.69) is 39.0 Å². The zero-order valence-corrected chi connectivity index (χ0v) is 9.32. The maximum absolute atomic E-state index is 5.91. The fourth-order valence-electron chi connectivity index (χ4n) is 1.23. The van der Waals surface area contributed by atoms with Crippen molar-refractivity contribution in [2.24, 2.45) is 5.73 Å². The van der Waals surface area contributed by atoms with Gasteiger partial charge in [0, 0.05) is 6.04 Å². The molecule has 0 fully saturated rings. The monoisotopic (exact) mass is 199 g/mol. The summed E-state index contributed by atoms with van der Waals surface area (Å²) < 4.78 is 0. The van der Waals surface area contributed by atoms with Crippen LogP contribution in [0.5, 0.6) is 0 Å². The predicted octanol–water partition coefficient (Wildman–Crippen LogP) is 3.14.